The number of ketones is 1. The van der Waals surface area contributed by atoms with E-state index in [1.165, 1.54) is 12.8 Å². The third-order valence-electron chi connectivity index (χ3n) is 3.87. The van der Waals surface area contributed by atoms with E-state index in [9.17, 15) is 4.79 Å². The molecule has 4 unspecified atom stereocenters. The summed E-state index contributed by atoms with van der Waals surface area (Å²) in [6.45, 7) is 0. The van der Waals surface area contributed by atoms with Crippen LogP contribution in [0.15, 0.2) is 4.99 Å². The van der Waals surface area contributed by atoms with Crippen molar-refractivity contribution in [1.82, 2.24) is 5.32 Å². The molecule has 76 valence electrons. The van der Waals surface area contributed by atoms with Crippen molar-refractivity contribution >= 4 is 11.7 Å². The van der Waals surface area contributed by atoms with Gasteiger partial charge in [0.25, 0.3) is 0 Å². The Morgan fingerprint density at radius 2 is 2.14 bits per heavy atom. The highest BCUT2D eigenvalue weighted by molar-refractivity contribution is 5.96. The lowest BCUT2D eigenvalue weighted by Crippen LogP contribution is -2.41. The highest BCUT2D eigenvalue weighted by Gasteiger charge is 2.52. The van der Waals surface area contributed by atoms with Crippen LogP contribution in [0.5, 0.6) is 0 Å². The summed E-state index contributed by atoms with van der Waals surface area (Å²) in [4.78, 5) is 16.2. The van der Waals surface area contributed by atoms with E-state index in [-0.39, 0.29) is 18.0 Å². The van der Waals surface area contributed by atoms with Crippen LogP contribution < -0.4 is 11.1 Å². The van der Waals surface area contributed by atoms with Gasteiger partial charge in [0, 0.05) is 5.92 Å². The molecule has 3 rings (SSSR count). The lowest BCUT2D eigenvalue weighted by atomic mass is 9.80. The molecule has 14 heavy (non-hydrogen) atoms. The molecule has 4 heteroatoms. The fourth-order valence-electron chi connectivity index (χ4n) is 3.26. The van der Waals surface area contributed by atoms with E-state index in [0.717, 1.165) is 12.8 Å². The minimum absolute atomic E-state index is 0.164. The first-order valence-electron chi connectivity index (χ1n) is 5.41. The maximum atomic E-state index is 12.0. The molecule has 0 spiro atoms. The summed E-state index contributed by atoms with van der Waals surface area (Å²) >= 11 is 0. The Kier molecular flexibility index (Phi) is 1.60. The molecule has 0 radical (unpaired) electrons. The third kappa shape index (κ3) is 0.938. The Morgan fingerprint density at radius 3 is 3.00 bits per heavy atom. The zero-order chi connectivity index (χ0) is 9.71. The second-order valence-corrected chi connectivity index (χ2v) is 4.59. The van der Waals surface area contributed by atoms with Gasteiger partial charge in [-0.1, -0.05) is 12.8 Å². The van der Waals surface area contributed by atoms with Crippen LogP contribution >= 0.6 is 0 Å². The molecule has 0 bridgehead atoms. The molecule has 1 heterocycles. The summed E-state index contributed by atoms with van der Waals surface area (Å²) in [5.74, 6) is 1.54. The Balaban J connectivity index is 1.91. The maximum Gasteiger partial charge on any atom is 0.189 e. The summed E-state index contributed by atoms with van der Waals surface area (Å²) < 4.78 is 0. The number of Topliss-reactive ketones (excluding diaryl/α,β-unsaturated/α-hetero) is 1. The normalized spacial score (nSPS) is 45.4. The van der Waals surface area contributed by atoms with Gasteiger partial charge < -0.3 is 11.1 Å². The average molecular weight is 193 g/mol. The highest BCUT2D eigenvalue weighted by Crippen LogP contribution is 2.42. The van der Waals surface area contributed by atoms with Crippen LogP contribution in [0.4, 0.5) is 0 Å². The van der Waals surface area contributed by atoms with E-state index >= 15 is 0 Å². The number of fused-ring (bicyclic) bond motifs is 3. The van der Waals surface area contributed by atoms with Crippen LogP contribution in [0, 0.1) is 11.8 Å². The van der Waals surface area contributed by atoms with Crippen LogP contribution in [-0.2, 0) is 4.79 Å². The summed E-state index contributed by atoms with van der Waals surface area (Å²) in [7, 11) is 0. The smallest absolute Gasteiger partial charge is 0.189 e. The summed E-state index contributed by atoms with van der Waals surface area (Å²) in [6.07, 6.45) is 4.67. The van der Waals surface area contributed by atoms with E-state index in [1.54, 1.807) is 0 Å². The number of carbonyl (C=O) groups is 1. The van der Waals surface area contributed by atoms with Gasteiger partial charge in [-0.2, -0.15) is 0 Å². The number of nitrogens with one attached hydrogen (secondary N) is 1. The van der Waals surface area contributed by atoms with E-state index in [1.807, 2.05) is 0 Å². The predicted octanol–water partition coefficient (Wildman–Crippen LogP) is 0.0306. The molecule has 1 aliphatic heterocycles. The topological polar surface area (TPSA) is 67.5 Å². The molecule has 2 aliphatic carbocycles. The lowest BCUT2D eigenvalue weighted by molar-refractivity contribution is -0.122. The first kappa shape index (κ1) is 8.26. The number of carbonyl (C=O) groups excluding carboxylic acids is 1. The fourth-order valence-corrected chi connectivity index (χ4v) is 3.26. The molecule has 0 saturated heterocycles. The molecule has 3 aliphatic rings. The van der Waals surface area contributed by atoms with Crippen molar-refractivity contribution in [1.29, 1.82) is 0 Å². The number of aliphatic imine (C=N–C) groups is 1. The second-order valence-electron chi connectivity index (χ2n) is 4.59. The van der Waals surface area contributed by atoms with Crippen molar-refractivity contribution < 1.29 is 4.79 Å². The zero-order valence-corrected chi connectivity index (χ0v) is 8.07. The van der Waals surface area contributed by atoms with Gasteiger partial charge in [0.15, 0.2) is 11.7 Å². The van der Waals surface area contributed by atoms with Crippen LogP contribution in [0.25, 0.3) is 0 Å². The van der Waals surface area contributed by atoms with Gasteiger partial charge in [-0.15, -0.1) is 0 Å². The van der Waals surface area contributed by atoms with Gasteiger partial charge in [0.2, 0.25) is 0 Å². The predicted molar refractivity (Wildman–Crippen MR) is 52.8 cm³/mol. The van der Waals surface area contributed by atoms with Crippen LogP contribution in [0.1, 0.15) is 25.7 Å². The van der Waals surface area contributed by atoms with Crippen LogP contribution in [0.2, 0.25) is 0 Å². The Bertz CT molecular complexity index is 312. The van der Waals surface area contributed by atoms with Crippen molar-refractivity contribution in [2.24, 2.45) is 22.6 Å². The number of hydrogen-bond acceptors (Lipinski definition) is 4. The van der Waals surface area contributed by atoms with Gasteiger partial charge in [-0.05, 0) is 18.8 Å². The molecule has 2 fully saturated rings. The SMILES string of the molecule is NC1=NC2C(=O)C3CCCCC3C2N1. The van der Waals surface area contributed by atoms with Crippen LogP contribution in [0.3, 0.4) is 0 Å². The van der Waals surface area contributed by atoms with Gasteiger partial charge in [-0.25, -0.2) is 4.99 Å². The number of hydrogen-bond donors (Lipinski definition) is 2. The lowest BCUT2D eigenvalue weighted by Gasteiger charge is -2.27. The minimum atomic E-state index is -0.164. The van der Waals surface area contributed by atoms with Crippen molar-refractivity contribution in [2.45, 2.75) is 37.8 Å². The quantitative estimate of drug-likeness (QED) is 0.570. The van der Waals surface area contributed by atoms with Crippen LogP contribution in [-0.4, -0.2) is 23.8 Å². The van der Waals surface area contributed by atoms with E-state index in [4.69, 9.17) is 5.73 Å². The van der Waals surface area contributed by atoms with Gasteiger partial charge in [0.1, 0.15) is 6.04 Å². The monoisotopic (exact) mass is 193 g/mol. The van der Waals surface area contributed by atoms with Crippen molar-refractivity contribution in [3.8, 4) is 0 Å². The first-order chi connectivity index (χ1) is 6.77. The fraction of sp³-hybridized carbons (Fsp3) is 0.800. The highest BCUT2D eigenvalue weighted by atomic mass is 16.1. The maximum absolute atomic E-state index is 12.0. The Morgan fingerprint density at radius 1 is 1.36 bits per heavy atom. The Labute approximate surface area is 83.0 Å². The first-order valence-corrected chi connectivity index (χ1v) is 5.41. The third-order valence-corrected chi connectivity index (χ3v) is 3.87. The van der Waals surface area contributed by atoms with E-state index in [0.29, 0.717) is 17.7 Å². The van der Waals surface area contributed by atoms with E-state index < -0.39 is 0 Å². The minimum Gasteiger partial charge on any atom is -0.370 e. The van der Waals surface area contributed by atoms with Crippen molar-refractivity contribution in [3.63, 3.8) is 0 Å². The van der Waals surface area contributed by atoms with Gasteiger partial charge in [-0.3, -0.25) is 4.79 Å². The largest absolute Gasteiger partial charge is 0.370 e. The zero-order valence-electron chi connectivity index (χ0n) is 8.07. The molecule has 0 amide bonds. The number of nitrogens with two attached hydrogens (primary N) is 1. The van der Waals surface area contributed by atoms with Gasteiger partial charge in [0.05, 0.1) is 6.04 Å². The molecule has 0 aromatic heterocycles. The second kappa shape index (κ2) is 2.72. The molecule has 0 aromatic carbocycles. The summed E-state index contributed by atoms with van der Waals surface area (Å²) in [5.41, 5.74) is 5.60. The van der Waals surface area contributed by atoms with Crippen molar-refractivity contribution in [2.75, 3.05) is 0 Å². The van der Waals surface area contributed by atoms with Gasteiger partial charge >= 0.3 is 0 Å². The average Bonchev–Trinajstić information content (AvgIpc) is 2.68. The Hall–Kier alpha value is -1.06. The molecular weight excluding hydrogens is 178 g/mol. The molecular formula is C10H15N3O. The summed E-state index contributed by atoms with van der Waals surface area (Å²) in [6, 6.07) is 0.0518. The molecule has 2 saturated carbocycles. The number of guanidine groups is 1. The van der Waals surface area contributed by atoms with Crippen molar-refractivity contribution in [3.05, 3.63) is 0 Å². The number of nitrogens with zero attached hydrogens (tertiary/aromatic N) is 1. The standard InChI is InChI=1S/C10H15N3O/c11-10-12-7-5-3-1-2-4-6(5)9(14)8(7)13-10/h5-8H,1-4H2,(H3,11,12,13). The summed E-state index contributed by atoms with van der Waals surface area (Å²) in [5, 5.41) is 3.15. The number of rotatable bonds is 0. The molecule has 3 N–H and O–H groups in total. The molecule has 4 atom stereocenters. The van der Waals surface area contributed by atoms with E-state index in [2.05, 4.69) is 10.3 Å². The molecule has 4 nitrogen and oxygen atoms in total. The molecule has 0 aromatic rings.